The average molecular weight is 242 g/mol. The van der Waals surface area contributed by atoms with E-state index in [9.17, 15) is 0 Å². The van der Waals surface area contributed by atoms with Crippen LogP contribution in [0.15, 0.2) is 42.5 Å². The summed E-state index contributed by atoms with van der Waals surface area (Å²) < 4.78 is 5.90. The van der Waals surface area contributed by atoms with Crippen LogP contribution in [0.1, 0.15) is 27.2 Å². The fourth-order valence-corrected chi connectivity index (χ4v) is 2.17. The smallest absolute Gasteiger partial charge is 0.317 e. The Balaban J connectivity index is 2.14. The van der Waals surface area contributed by atoms with Crippen molar-refractivity contribution in [3.05, 3.63) is 42.5 Å². The van der Waals surface area contributed by atoms with Crippen LogP contribution in [0, 0.1) is 0 Å². The molecular weight excluding hydrogens is 224 g/mol. The quantitative estimate of drug-likeness (QED) is 0.720. The second kappa shape index (κ2) is 4.92. The molecule has 0 atom stereocenters. The summed E-state index contributed by atoms with van der Waals surface area (Å²) in [6.45, 7) is 6.69. The number of rotatable bonds is 4. The van der Waals surface area contributed by atoms with E-state index in [-0.39, 0.29) is 5.04 Å². The summed E-state index contributed by atoms with van der Waals surface area (Å²) in [7, 11) is 0.507. The molecule has 1 nitrogen and oxygen atoms in total. The Hall–Kier alpha value is -1.28. The molecule has 2 aromatic rings. The first kappa shape index (κ1) is 12.2. The van der Waals surface area contributed by atoms with Gasteiger partial charge in [0.15, 0.2) is 0 Å². The van der Waals surface area contributed by atoms with E-state index in [4.69, 9.17) is 4.43 Å². The summed E-state index contributed by atoms with van der Waals surface area (Å²) in [5.74, 6) is 0.976. The third-order valence-electron chi connectivity index (χ3n) is 3.05. The second-order valence-corrected chi connectivity index (χ2v) is 6.71. The van der Waals surface area contributed by atoms with E-state index in [0.29, 0.717) is 9.76 Å². The van der Waals surface area contributed by atoms with Gasteiger partial charge in [-0.05, 0) is 27.9 Å². The molecule has 0 N–H and O–H groups in total. The molecule has 0 aliphatic heterocycles. The second-order valence-electron chi connectivity index (χ2n) is 4.95. The third-order valence-corrected chi connectivity index (χ3v) is 4.29. The van der Waals surface area contributed by atoms with E-state index in [1.165, 1.54) is 10.8 Å². The van der Waals surface area contributed by atoms with Crippen molar-refractivity contribution >= 4 is 20.5 Å². The van der Waals surface area contributed by atoms with E-state index >= 15 is 0 Å². The van der Waals surface area contributed by atoms with E-state index in [1.54, 1.807) is 0 Å². The molecule has 2 rings (SSSR count). The molecule has 2 aromatic carbocycles. The number of benzene rings is 2. The molecular formula is C15H18OSi. The van der Waals surface area contributed by atoms with Gasteiger partial charge in [-0.1, -0.05) is 57.5 Å². The molecule has 0 spiro atoms. The predicted octanol–water partition coefficient (Wildman–Crippen LogP) is 4.45. The van der Waals surface area contributed by atoms with Gasteiger partial charge in [-0.2, -0.15) is 0 Å². The van der Waals surface area contributed by atoms with Gasteiger partial charge in [-0.25, -0.2) is 0 Å². The lowest BCUT2D eigenvalue weighted by Crippen LogP contribution is -2.17. The van der Waals surface area contributed by atoms with Gasteiger partial charge in [0.1, 0.15) is 5.75 Å². The molecule has 0 unspecified atom stereocenters. The lowest BCUT2D eigenvalue weighted by Gasteiger charge is -2.20. The van der Waals surface area contributed by atoms with Crippen LogP contribution in [0.25, 0.3) is 10.8 Å². The Morgan fingerprint density at radius 3 is 2.47 bits per heavy atom. The fraction of sp³-hybridized carbons (Fsp3) is 0.333. The van der Waals surface area contributed by atoms with Crippen LogP contribution in [0.5, 0.6) is 5.75 Å². The normalized spacial score (nSPS) is 11.7. The highest BCUT2D eigenvalue weighted by Crippen LogP contribution is 2.28. The highest BCUT2D eigenvalue weighted by molar-refractivity contribution is 6.33. The maximum atomic E-state index is 5.90. The molecule has 0 aliphatic rings. The van der Waals surface area contributed by atoms with Gasteiger partial charge in [0, 0.05) is 0 Å². The van der Waals surface area contributed by atoms with Gasteiger partial charge in [-0.3, -0.25) is 0 Å². The fourth-order valence-electron chi connectivity index (χ4n) is 1.50. The first-order chi connectivity index (χ1) is 8.11. The molecule has 0 aromatic heterocycles. The van der Waals surface area contributed by atoms with Gasteiger partial charge in [0.05, 0.1) is 0 Å². The SMILES string of the molecule is CCC(C)(C)[Si]Oc1ccc2ccccc2c1. The van der Waals surface area contributed by atoms with Crippen molar-refractivity contribution in [3.63, 3.8) is 0 Å². The van der Waals surface area contributed by atoms with Crippen LogP contribution >= 0.6 is 0 Å². The van der Waals surface area contributed by atoms with Crippen LogP contribution < -0.4 is 4.43 Å². The van der Waals surface area contributed by atoms with Crippen LogP contribution in [-0.4, -0.2) is 9.76 Å². The Morgan fingerprint density at radius 1 is 1.06 bits per heavy atom. The number of fused-ring (bicyclic) bond motifs is 1. The Kier molecular flexibility index (Phi) is 3.53. The highest BCUT2D eigenvalue weighted by Gasteiger charge is 2.19. The molecule has 88 valence electrons. The molecule has 0 amide bonds. The molecule has 0 aliphatic carbocycles. The number of hydrogen-bond donors (Lipinski definition) is 0. The van der Waals surface area contributed by atoms with E-state index < -0.39 is 0 Å². The highest BCUT2D eigenvalue weighted by atomic mass is 28.2. The Bertz CT molecular complexity index is 505. The van der Waals surface area contributed by atoms with Crippen LogP contribution in [0.3, 0.4) is 0 Å². The van der Waals surface area contributed by atoms with Gasteiger partial charge in [0.2, 0.25) is 0 Å². The molecule has 0 heterocycles. The van der Waals surface area contributed by atoms with E-state index in [1.807, 2.05) is 0 Å². The lowest BCUT2D eigenvalue weighted by molar-refractivity contribution is 0.517. The number of hydrogen-bond acceptors (Lipinski definition) is 1. The average Bonchev–Trinajstić information content (AvgIpc) is 2.36. The summed E-state index contributed by atoms with van der Waals surface area (Å²) in [6, 6.07) is 14.7. The summed E-state index contributed by atoms with van der Waals surface area (Å²) >= 11 is 0. The molecule has 0 saturated carbocycles. The monoisotopic (exact) mass is 242 g/mol. The Morgan fingerprint density at radius 2 is 1.76 bits per heavy atom. The van der Waals surface area contributed by atoms with Crippen LogP contribution in [0.4, 0.5) is 0 Å². The minimum Gasteiger partial charge on any atom is -0.540 e. The molecule has 0 fully saturated rings. The zero-order chi connectivity index (χ0) is 12.3. The van der Waals surface area contributed by atoms with Crippen molar-refractivity contribution in [2.45, 2.75) is 32.2 Å². The summed E-state index contributed by atoms with van der Waals surface area (Å²) in [6.07, 6.45) is 1.14. The van der Waals surface area contributed by atoms with Crippen molar-refractivity contribution in [2.24, 2.45) is 0 Å². The summed E-state index contributed by atoms with van der Waals surface area (Å²) in [4.78, 5) is 0. The standard InChI is InChI=1S/C15H18OSi/c1-4-15(2,3)17-16-14-10-9-12-7-5-6-8-13(12)11-14/h5-11H,4H2,1-3H3. The molecule has 2 heteroatoms. The summed E-state index contributed by atoms with van der Waals surface area (Å²) in [5, 5.41) is 2.77. The van der Waals surface area contributed by atoms with Crippen molar-refractivity contribution in [2.75, 3.05) is 0 Å². The van der Waals surface area contributed by atoms with Gasteiger partial charge >= 0.3 is 9.76 Å². The first-order valence-electron chi connectivity index (χ1n) is 6.03. The topological polar surface area (TPSA) is 9.23 Å². The van der Waals surface area contributed by atoms with Gasteiger partial charge in [0.25, 0.3) is 0 Å². The van der Waals surface area contributed by atoms with Crippen molar-refractivity contribution < 1.29 is 4.43 Å². The van der Waals surface area contributed by atoms with Gasteiger partial charge in [-0.15, -0.1) is 0 Å². The van der Waals surface area contributed by atoms with Crippen LogP contribution in [-0.2, 0) is 0 Å². The maximum absolute atomic E-state index is 5.90. The predicted molar refractivity (Wildman–Crippen MR) is 74.7 cm³/mol. The van der Waals surface area contributed by atoms with Crippen molar-refractivity contribution in [3.8, 4) is 5.75 Å². The van der Waals surface area contributed by atoms with E-state index in [0.717, 1.165) is 12.2 Å². The molecule has 0 bridgehead atoms. The summed E-state index contributed by atoms with van der Waals surface area (Å²) in [5.41, 5.74) is 0. The zero-order valence-corrected chi connectivity index (χ0v) is 11.7. The first-order valence-corrected chi connectivity index (χ1v) is 6.94. The zero-order valence-electron chi connectivity index (χ0n) is 10.7. The maximum Gasteiger partial charge on any atom is 0.317 e. The lowest BCUT2D eigenvalue weighted by atomic mass is 10.1. The van der Waals surface area contributed by atoms with Gasteiger partial charge < -0.3 is 4.43 Å². The van der Waals surface area contributed by atoms with E-state index in [2.05, 4.69) is 63.2 Å². The Labute approximate surface area is 106 Å². The van der Waals surface area contributed by atoms with Crippen LogP contribution in [0.2, 0.25) is 5.04 Å². The third kappa shape index (κ3) is 3.10. The molecule has 2 radical (unpaired) electrons. The van der Waals surface area contributed by atoms with Crippen molar-refractivity contribution in [1.82, 2.24) is 0 Å². The largest absolute Gasteiger partial charge is 0.540 e. The minimum absolute atomic E-state index is 0.269. The van der Waals surface area contributed by atoms with Crippen molar-refractivity contribution in [1.29, 1.82) is 0 Å². The molecule has 17 heavy (non-hydrogen) atoms. The minimum atomic E-state index is 0.269. The molecule has 0 saturated heterocycles.